The molecule has 0 bridgehead atoms. The molecule has 0 aromatic carbocycles. The second-order valence-corrected chi connectivity index (χ2v) is 3.30. The van der Waals surface area contributed by atoms with E-state index in [2.05, 4.69) is 5.32 Å². The summed E-state index contributed by atoms with van der Waals surface area (Å²) in [6.07, 6.45) is 1.90. The van der Waals surface area contributed by atoms with Crippen LogP contribution in [0.3, 0.4) is 0 Å². The molecule has 3 heteroatoms. The maximum absolute atomic E-state index is 11.6. The summed E-state index contributed by atoms with van der Waals surface area (Å²) in [6.45, 7) is 4.56. The van der Waals surface area contributed by atoms with Gasteiger partial charge in [0.25, 0.3) is 0 Å². The average molecular weight is 169 g/mol. The van der Waals surface area contributed by atoms with Crippen molar-refractivity contribution in [3.63, 3.8) is 0 Å². The van der Waals surface area contributed by atoms with Crippen LogP contribution in [0.5, 0.6) is 0 Å². The van der Waals surface area contributed by atoms with Crippen molar-refractivity contribution >= 4 is 5.91 Å². The molecule has 3 nitrogen and oxygen atoms in total. The fraction of sp³-hybridized carbons (Fsp3) is 0.889. The predicted octanol–water partition coefficient (Wildman–Crippen LogP) is 0.479. The Morgan fingerprint density at radius 3 is 2.58 bits per heavy atom. The van der Waals surface area contributed by atoms with Gasteiger partial charge in [0, 0.05) is 32.6 Å². The van der Waals surface area contributed by atoms with Crippen LogP contribution >= 0.6 is 0 Å². The summed E-state index contributed by atoms with van der Waals surface area (Å²) < 4.78 is 0. The third-order valence-electron chi connectivity index (χ3n) is 2.47. The van der Waals surface area contributed by atoms with E-state index in [1.807, 2.05) is 14.0 Å². The molecule has 69 valence electrons. The Morgan fingerprint density at radius 2 is 2.08 bits per heavy atom. The molecule has 1 saturated heterocycles. The molecule has 0 aliphatic carbocycles. The molecule has 1 radical (unpaired) electrons. The first-order valence-electron chi connectivity index (χ1n) is 4.64. The number of hydrogen-bond donors (Lipinski definition) is 0. The van der Waals surface area contributed by atoms with Crippen LogP contribution in [0.25, 0.3) is 0 Å². The van der Waals surface area contributed by atoms with E-state index in [0.717, 1.165) is 32.5 Å². The predicted molar refractivity (Wildman–Crippen MR) is 47.9 cm³/mol. The van der Waals surface area contributed by atoms with Crippen molar-refractivity contribution in [2.75, 3.05) is 26.7 Å². The summed E-state index contributed by atoms with van der Waals surface area (Å²) in [4.78, 5) is 13.4. The van der Waals surface area contributed by atoms with E-state index in [-0.39, 0.29) is 5.92 Å². The van der Waals surface area contributed by atoms with E-state index in [9.17, 15) is 4.79 Å². The summed E-state index contributed by atoms with van der Waals surface area (Å²) in [7, 11) is 1.87. The third kappa shape index (κ3) is 2.21. The average Bonchev–Trinajstić information content (AvgIpc) is 2.17. The molecule has 0 spiro atoms. The summed E-state index contributed by atoms with van der Waals surface area (Å²) in [5, 5.41) is 4.22. The Morgan fingerprint density at radius 1 is 1.50 bits per heavy atom. The van der Waals surface area contributed by atoms with Gasteiger partial charge >= 0.3 is 0 Å². The Kier molecular flexibility index (Phi) is 3.53. The number of carbonyl (C=O) groups excluding carboxylic acids is 1. The van der Waals surface area contributed by atoms with Crippen molar-refractivity contribution in [3.8, 4) is 0 Å². The molecule has 0 unspecified atom stereocenters. The van der Waals surface area contributed by atoms with E-state index in [4.69, 9.17) is 0 Å². The first kappa shape index (κ1) is 9.52. The van der Waals surface area contributed by atoms with Gasteiger partial charge in [-0.05, 0) is 19.8 Å². The lowest BCUT2D eigenvalue weighted by Gasteiger charge is -2.25. The van der Waals surface area contributed by atoms with E-state index < -0.39 is 0 Å². The summed E-state index contributed by atoms with van der Waals surface area (Å²) in [5.41, 5.74) is 0. The van der Waals surface area contributed by atoms with Crippen molar-refractivity contribution in [1.82, 2.24) is 10.2 Å². The molecule has 1 fully saturated rings. The maximum Gasteiger partial charge on any atom is 0.225 e. The Bertz CT molecular complexity index is 153. The number of carbonyl (C=O) groups is 1. The van der Waals surface area contributed by atoms with E-state index >= 15 is 0 Å². The normalized spacial score (nSPS) is 19.2. The van der Waals surface area contributed by atoms with Gasteiger partial charge in [-0.3, -0.25) is 4.79 Å². The van der Waals surface area contributed by atoms with Crippen molar-refractivity contribution in [2.45, 2.75) is 19.8 Å². The second-order valence-electron chi connectivity index (χ2n) is 3.30. The molecular weight excluding hydrogens is 152 g/mol. The van der Waals surface area contributed by atoms with Gasteiger partial charge in [0.15, 0.2) is 0 Å². The number of amides is 1. The molecule has 12 heavy (non-hydrogen) atoms. The van der Waals surface area contributed by atoms with Gasteiger partial charge in [0.1, 0.15) is 0 Å². The monoisotopic (exact) mass is 169 g/mol. The van der Waals surface area contributed by atoms with Gasteiger partial charge in [-0.1, -0.05) is 0 Å². The lowest BCUT2D eigenvalue weighted by Crippen LogP contribution is -2.37. The van der Waals surface area contributed by atoms with Gasteiger partial charge in [-0.25, -0.2) is 5.32 Å². The summed E-state index contributed by atoms with van der Waals surface area (Å²) >= 11 is 0. The standard InChI is InChI=1S/C9H17N2O/c1-3-11(2)9(12)8-4-6-10-7-5-8/h8H,3-7H2,1-2H3. The highest BCUT2D eigenvalue weighted by atomic mass is 16.2. The van der Waals surface area contributed by atoms with Crippen molar-refractivity contribution < 1.29 is 4.79 Å². The molecule has 1 rings (SSSR count). The minimum Gasteiger partial charge on any atom is -0.346 e. The van der Waals surface area contributed by atoms with Crippen LogP contribution in [0.4, 0.5) is 0 Å². The summed E-state index contributed by atoms with van der Waals surface area (Å²) in [5.74, 6) is 0.542. The highest BCUT2D eigenvalue weighted by Gasteiger charge is 2.23. The topological polar surface area (TPSA) is 34.4 Å². The van der Waals surface area contributed by atoms with Gasteiger partial charge < -0.3 is 4.90 Å². The van der Waals surface area contributed by atoms with E-state index in [1.165, 1.54) is 0 Å². The lowest BCUT2D eigenvalue weighted by atomic mass is 9.97. The van der Waals surface area contributed by atoms with Crippen LogP contribution < -0.4 is 5.32 Å². The van der Waals surface area contributed by atoms with Crippen LogP contribution in [-0.4, -0.2) is 37.5 Å². The Balaban J connectivity index is 2.39. The minimum absolute atomic E-state index is 0.243. The zero-order chi connectivity index (χ0) is 8.97. The molecule has 1 amide bonds. The van der Waals surface area contributed by atoms with Gasteiger partial charge in [0.2, 0.25) is 5.91 Å². The Labute approximate surface area is 74.1 Å². The van der Waals surface area contributed by atoms with E-state index in [1.54, 1.807) is 4.90 Å². The highest BCUT2D eigenvalue weighted by molar-refractivity contribution is 5.78. The van der Waals surface area contributed by atoms with Crippen LogP contribution in [0.1, 0.15) is 19.8 Å². The third-order valence-corrected chi connectivity index (χ3v) is 2.47. The fourth-order valence-electron chi connectivity index (χ4n) is 1.46. The summed E-state index contributed by atoms with van der Waals surface area (Å²) in [6, 6.07) is 0. The van der Waals surface area contributed by atoms with Crippen LogP contribution in [0.15, 0.2) is 0 Å². The second kappa shape index (κ2) is 4.45. The van der Waals surface area contributed by atoms with Gasteiger partial charge in [-0.15, -0.1) is 0 Å². The highest BCUT2D eigenvalue weighted by Crippen LogP contribution is 2.14. The fourth-order valence-corrected chi connectivity index (χ4v) is 1.46. The van der Waals surface area contributed by atoms with Crippen LogP contribution in [-0.2, 0) is 4.79 Å². The molecule has 1 aliphatic rings. The minimum atomic E-state index is 0.243. The molecule has 0 aromatic heterocycles. The maximum atomic E-state index is 11.6. The number of nitrogens with zero attached hydrogens (tertiary/aromatic N) is 2. The van der Waals surface area contributed by atoms with Crippen molar-refractivity contribution in [3.05, 3.63) is 0 Å². The number of piperidine rings is 1. The molecule has 1 heterocycles. The first-order chi connectivity index (χ1) is 5.75. The SMILES string of the molecule is CCN(C)C(=O)C1CC[N]CC1. The number of hydrogen-bond acceptors (Lipinski definition) is 1. The van der Waals surface area contributed by atoms with Crippen molar-refractivity contribution in [2.24, 2.45) is 5.92 Å². The molecular formula is C9H17N2O. The van der Waals surface area contributed by atoms with Gasteiger partial charge in [0.05, 0.1) is 0 Å². The zero-order valence-electron chi connectivity index (χ0n) is 7.92. The van der Waals surface area contributed by atoms with E-state index in [0.29, 0.717) is 5.91 Å². The van der Waals surface area contributed by atoms with Gasteiger partial charge in [-0.2, -0.15) is 0 Å². The zero-order valence-corrected chi connectivity index (χ0v) is 7.92. The molecule has 0 atom stereocenters. The smallest absolute Gasteiger partial charge is 0.225 e. The lowest BCUT2D eigenvalue weighted by molar-refractivity contribution is -0.134. The molecule has 0 aromatic rings. The molecule has 1 aliphatic heterocycles. The quantitative estimate of drug-likeness (QED) is 0.592. The van der Waals surface area contributed by atoms with Crippen LogP contribution in [0.2, 0.25) is 0 Å². The molecule has 0 saturated carbocycles. The Hall–Kier alpha value is -0.570. The first-order valence-corrected chi connectivity index (χ1v) is 4.64. The molecule has 0 N–H and O–H groups in total. The largest absolute Gasteiger partial charge is 0.346 e. The number of rotatable bonds is 2. The van der Waals surface area contributed by atoms with Crippen LogP contribution in [0, 0.1) is 5.92 Å². The van der Waals surface area contributed by atoms with Crippen molar-refractivity contribution in [1.29, 1.82) is 0 Å².